The van der Waals surface area contributed by atoms with E-state index in [1.54, 1.807) is 0 Å². The Kier molecular flexibility index (Phi) is 21.8. The molecule has 0 radical (unpaired) electrons. The molecule has 0 unspecified atom stereocenters. The lowest BCUT2D eigenvalue weighted by molar-refractivity contribution is -0.122. The molecular weight excluding hydrogens is 364 g/mol. The molecule has 5 nitrogen and oxygen atoms in total. The van der Waals surface area contributed by atoms with Crippen molar-refractivity contribution in [2.75, 3.05) is 13.1 Å². The highest BCUT2D eigenvalue weighted by atomic mass is 16.2. The first-order valence-electron chi connectivity index (χ1n) is 12.2. The lowest BCUT2D eigenvalue weighted by atomic mass is 10.0. The molecule has 0 aromatic heterocycles. The Labute approximate surface area is 179 Å². The second-order valence-corrected chi connectivity index (χ2v) is 8.10. The Balaban J connectivity index is 3.23. The SMILES string of the molecule is CCCCCCCCCCCCCCCCCC(=O)NCCC(=O)NCCC=O. The van der Waals surface area contributed by atoms with Crippen LogP contribution in [0, 0.1) is 0 Å². The van der Waals surface area contributed by atoms with Gasteiger partial charge in [-0.2, -0.15) is 0 Å². The summed E-state index contributed by atoms with van der Waals surface area (Å²) in [4.78, 5) is 33.3. The van der Waals surface area contributed by atoms with Crippen molar-refractivity contribution >= 4 is 18.1 Å². The van der Waals surface area contributed by atoms with Gasteiger partial charge in [0, 0.05) is 32.4 Å². The normalized spacial score (nSPS) is 10.7. The fourth-order valence-electron chi connectivity index (χ4n) is 3.42. The molecule has 0 saturated heterocycles. The van der Waals surface area contributed by atoms with Gasteiger partial charge in [0.15, 0.2) is 0 Å². The first-order chi connectivity index (χ1) is 14.2. The van der Waals surface area contributed by atoms with Crippen LogP contribution >= 0.6 is 0 Å². The fourth-order valence-corrected chi connectivity index (χ4v) is 3.42. The molecule has 0 aromatic carbocycles. The maximum Gasteiger partial charge on any atom is 0.221 e. The summed E-state index contributed by atoms with van der Waals surface area (Å²) in [7, 11) is 0. The molecule has 170 valence electrons. The summed E-state index contributed by atoms with van der Waals surface area (Å²) in [5.41, 5.74) is 0. The van der Waals surface area contributed by atoms with Crippen LogP contribution in [-0.4, -0.2) is 31.2 Å². The quantitative estimate of drug-likeness (QED) is 0.184. The van der Waals surface area contributed by atoms with E-state index in [1.807, 2.05) is 0 Å². The van der Waals surface area contributed by atoms with E-state index in [2.05, 4.69) is 17.6 Å². The van der Waals surface area contributed by atoms with E-state index in [0.29, 0.717) is 25.9 Å². The summed E-state index contributed by atoms with van der Waals surface area (Å²) in [6.45, 7) is 3.00. The van der Waals surface area contributed by atoms with Gasteiger partial charge in [-0.05, 0) is 6.42 Å². The van der Waals surface area contributed by atoms with E-state index >= 15 is 0 Å². The van der Waals surface area contributed by atoms with Crippen LogP contribution in [0.15, 0.2) is 0 Å². The molecule has 0 aromatic rings. The van der Waals surface area contributed by atoms with Gasteiger partial charge in [-0.3, -0.25) is 9.59 Å². The average Bonchev–Trinajstić information content (AvgIpc) is 2.71. The van der Waals surface area contributed by atoms with Gasteiger partial charge in [0.25, 0.3) is 0 Å². The van der Waals surface area contributed by atoms with Gasteiger partial charge >= 0.3 is 0 Å². The minimum atomic E-state index is -0.126. The summed E-state index contributed by atoms with van der Waals surface area (Å²) < 4.78 is 0. The number of nitrogens with one attached hydrogen (secondary N) is 2. The second-order valence-electron chi connectivity index (χ2n) is 8.10. The number of carbonyl (C=O) groups excluding carboxylic acids is 3. The molecule has 0 saturated carbocycles. The van der Waals surface area contributed by atoms with Crippen molar-refractivity contribution in [2.24, 2.45) is 0 Å². The molecule has 2 amide bonds. The van der Waals surface area contributed by atoms with Crippen molar-refractivity contribution < 1.29 is 14.4 Å². The highest BCUT2D eigenvalue weighted by molar-refractivity contribution is 5.79. The summed E-state index contributed by atoms with van der Waals surface area (Å²) in [6, 6.07) is 0. The zero-order valence-corrected chi connectivity index (χ0v) is 18.9. The fraction of sp³-hybridized carbons (Fsp3) is 0.875. The van der Waals surface area contributed by atoms with Gasteiger partial charge in [0.2, 0.25) is 11.8 Å². The highest BCUT2D eigenvalue weighted by Gasteiger charge is 2.04. The predicted octanol–water partition coefficient (Wildman–Crippen LogP) is 5.46. The molecule has 5 heteroatoms. The van der Waals surface area contributed by atoms with Crippen LogP contribution in [0.3, 0.4) is 0 Å². The van der Waals surface area contributed by atoms with E-state index in [1.165, 1.54) is 83.5 Å². The molecule has 0 spiro atoms. The lowest BCUT2D eigenvalue weighted by Crippen LogP contribution is -2.31. The standard InChI is InChI=1S/C24H46N2O3/c1-2-3-4-5-6-7-8-9-10-11-12-13-14-15-16-18-23(28)26-21-19-24(29)25-20-17-22-27/h22H,2-21H2,1H3,(H,25,29)(H,26,28). The number of aldehydes is 1. The van der Waals surface area contributed by atoms with E-state index < -0.39 is 0 Å². The van der Waals surface area contributed by atoms with Crippen LogP contribution < -0.4 is 10.6 Å². The summed E-state index contributed by atoms with van der Waals surface area (Å²) in [5, 5.41) is 5.42. The minimum Gasteiger partial charge on any atom is -0.356 e. The molecule has 0 rings (SSSR count). The molecule has 0 aliphatic rings. The van der Waals surface area contributed by atoms with Gasteiger partial charge in [-0.15, -0.1) is 0 Å². The van der Waals surface area contributed by atoms with E-state index in [-0.39, 0.29) is 18.2 Å². The molecule has 0 fully saturated rings. The van der Waals surface area contributed by atoms with Crippen molar-refractivity contribution in [1.29, 1.82) is 0 Å². The van der Waals surface area contributed by atoms with Crippen LogP contribution in [-0.2, 0) is 14.4 Å². The summed E-state index contributed by atoms with van der Waals surface area (Å²) in [6.07, 6.45) is 21.7. The Morgan fingerprint density at radius 1 is 0.586 bits per heavy atom. The predicted molar refractivity (Wildman–Crippen MR) is 121 cm³/mol. The number of hydrogen-bond donors (Lipinski definition) is 2. The molecule has 0 atom stereocenters. The van der Waals surface area contributed by atoms with Crippen molar-refractivity contribution in [3.8, 4) is 0 Å². The Hall–Kier alpha value is -1.39. The molecule has 0 heterocycles. The molecule has 0 aliphatic heterocycles. The third kappa shape index (κ3) is 22.8. The molecule has 2 N–H and O–H groups in total. The first kappa shape index (κ1) is 27.6. The third-order valence-electron chi connectivity index (χ3n) is 5.27. The number of unbranched alkanes of at least 4 members (excludes halogenated alkanes) is 14. The zero-order valence-electron chi connectivity index (χ0n) is 18.9. The maximum atomic E-state index is 11.7. The average molecular weight is 411 g/mol. The zero-order chi connectivity index (χ0) is 21.4. The van der Waals surface area contributed by atoms with Crippen LogP contribution in [0.1, 0.15) is 122 Å². The van der Waals surface area contributed by atoms with Crippen LogP contribution in [0.4, 0.5) is 0 Å². The molecule has 0 bridgehead atoms. The van der Waals surface area contributed by atoms with Crippen molar-refractivity contribution in [2.45, 2.75) is 122 Å². The third-order valence-corrected chi connectivity index (χ3v) is 5.27. The summed E-state index contributed by atoms with van der Waals surface area (Å²) >= 11 is 0. The summed E-state index contributed by atoms with van der Waals surface area (Å²) in [5.74, 6) is -0.0977. The second kappa shape index (κ2) is 22.9. The van der Waals surface area contributed by atoms with Crippen LogP contribution in [0.25, 0.3) is 0 Å². The van der Waals surface area contributed by atoms with Crippen molar-refractivity contribution in [1.82, 2.24) is 10.6 Å². The van der Waals surface area contributed by atoms with Crippen molar-refractivity contribution in [3.63, 3.8) is 0 Å². The van der Waals surface area contributed by atoms with Crippen molar-refractivity contribution in [3.05, 3.63) is 0 Å². The monoisotopic (exact) mass is 410 g/mol. The molecule has 0 aliphatic carbocycles. The van der Waals surface area contributed by atoms with Crippen LogP contribution in [0.5, 0.6) is 0 Å². The first-order valence-corrected chi connectivity index (χ1v) is 12.2. The topological polar surface area (TPSA) is 75.3 Å². The Morgan fingerprint density at radius 3 is 1.48 bits per heavy atom. The molecule has 29 heavy (non-hydrogen) atoms. The van der Waals surface area contributed by atoms with E-state index in [4.69, 9.17) is 0 Å². The Bertz CT molecular complexity index is 400. The highest BCUT2D eigenvalue weighted by Crippen LogP contribution is 2.13. The Morgan fingerprint density at radius 2 is 1.00 bits per heavy atom. The van der Waals surface area contributed by atoms with Gasteiger partial charge in [0.1, 0.15) is 6.29 Å². The van der Waals surface area contributed by atoms with Gasteiger partial charge in [-0.1, -0.05) is 96.8 Å². The number of rotatable bonds is 22. The maximum absolute atomic E-state index is 11.7. The minimum absolute atomic E-state index is 0.0281. The van der Waals surface area contributed by atoms with Gasteiger partial charge < -0.3 is 15.4 Å². The lowest BCUT2D eigenvalue weighted by Gasteiger charge is -2.06. The van der Waals surface area contributed by atoms with E-state index in [9.17, 15) is 14.4 Å². The van der Waals surface area contributed by atoms with Crippen LogP contribution in [0.2, 0.25) is 0 Å². The number of amides is 2. The number of carbonyl (C=O) groups is 3. The number of hydrogen-bond acceptors (Lipinski definition) is 3. The molecular formula is C24H46N2O3. The van der Waals surface area contributed by atoms with Gasteiger partial charge in [-0.25, -0.2) is 0 Å². The van der Waals surface area contributed by atoms with Gasteiger partial charge in [0.05, 0.1) is 0 Å². The largest absolute Gasteiger partial charge is 0.356 e. The smallest absolute Gasteiger partial charge is 0.221 e. The van der Waals surface area contributed by atoms with E-state index in [0.717, 1.165) is 19.1 Å².